The molecule has 16 heavy (non-hydrogen) atoms. The zero-order valence-electron chi connectivity index (χ0n) is 9.41. The Balaban J connectivity index is 1.87. The first-order valence-corrected chi connectivity index (χ1v) is 6.15. The highest BCUT2D eigenvalue weighted by Crippen LogP contribution is 2.42. The van der Waals surface area contributed by atoms with Crippen LogP contribution in [0.1, 0.15) is 54.5 Å². The summed E-state index contributed by atoms with van der Waals surface area (Å²) in [5.41, 5.74) is 3.34. The second-order valence-electron chi connectivity index (χ2n) is 4.82. The summed E-state index contributed by atoms with van der Waals surface area (Å²) in [4.78, 5) is 0. The molecule has 1 saturated carbocycles. The van der Waals surface area contributed by atoms with Crippen molar-refractivity contribution in [3.8, 4) is 0 Å². The lowest BCUT2D eigenvalue weighted by Gasteiger charge is -2.21. The van der Waals surface area contributed by atoms with Gasteiger partial charge in [-0.15, -0.1) is 0 Å². The number of hydrogen-bond donors (Lipinski definition) is 2. The molecule has 2 N–H and O–H groups in total. The highest BCUT2D eigenvalue weighted by Gasteiger charge is 2.31. The number of aromatic amines is 1. The molecule has 4 heteroatoms. The maximum atomic E-state index is 9.50. The van der Waals surface area contributed by atoms with E-state index in [1.54, 1.807) is 0 Å². The van der Waals surface area contributed by atoms with Crippen molar-refractivity contribution in [2.75, 3.05) is 13.2 Å². The Kier molecular flexibility index (Phi) is 2.69. The molecule has 1 aliphatic carbocycles. The van der Waals surface area contributed by atoms with Crippen molar-refractivity contribution in [1.29, 1.82) is 0 Å². The summed E-state index contributed by atoms with van der Waals surface area (Å²) in [6.07, 6.45) is 4.54. The number of H-pyrrole nitrogens is 1. The number of nitrogens with one attached hydrogen (secondary N) is 1. The lowest BCUT2D eigenvalue weighted by molar-refractivity contribution is 0.0840. The molecule has 0 aromatic carbocycles. The van der Waals surface area contributed by atoms with Crippen molar-refractivity contribution in [3.05, 3.63) is 17.0 Å². The summed E-state index contributed by atoms with van der Waals surface area (Å²) in [6.45, 7) is 1.77. The van der Waals surface area contributed by atoms with Gasteiger partial charge in [0.05, 0.1) is 12.3 Å². The molecule has 4 nitrogen and oxygen atoms in total. The minimum Gasteiger partial charge on any atom is -0.392 e. The Hall–Kier alpha value is -0.870. The fourth-order valence-corrected chi connectivity index (χ4v) is 2.58. The first kappa shape index (κ1) is 10.3. The molecule has 1 aromatic rings. The molecule has 0 spiro atoms. The number of rotatable bonds is 3. The van der Waals surface area contributed by atoms with Crippen LogP contribution in [0.15, 0.2) is 0 Å². The molecule has 2 fully saturated rings. The van der Waals surface area contributed by atoms with Crippen LogP contribution >= 0.6 is 0 Å². The first-order valence-electron chi connectivity index (χ1n) is 6.15. The Labute approximate surface area is 95.0 Å². The van der Waals surface area contributed by atoms with Gasteiger partial charge in [-0.05, 0) is 25.7 Å². The third-order valence-corrected chi connectivity index (χ3v) is 3.68. The van der Waals surface area contributed by atoms with Crippen molar-refractivity contribution in [2.24, 2.45) is 0 Å². The maximum absolute atomic E-state index is 9.50. The normalized spacial score (nSPS) is 22.6. The van der Waals surface area contributed by atoms with E-state index in [-0.39, 0.29) is 6.61 Å². The molecule has 1 aromatic heterocycles. The minimum atomic E-state index is 0.120. The zero-order valence-corrected chi connectivity index (χ0v) is 9.41. The van der Waals surface area contributed by atoms with Crippen molar-refractivity contribution in [3.63, 3.8) is 0 Å². The zero-order chi connectivity index (χ0) is 11.0. The average Bonchev–Trinajstić information content (AvgIpc) is 3.09. The second kappa shape index (κ2) is 4.18. The quantitative estimate of drug-likeness (QED) is 0.818. The fraction of sp³-hybridized carbons (Fsp3) is 0.750. The number of hydrogen-bond acceptors (Lipinski definition) is 3. The van der Waals surface area contributed by atoms with Gasteiger partial charge in [-0.2, -0.15) is 5.10 Å². The van der Waals surface area contributed by atoms with Crippen LogP contribution in [0.5, 0.6) is 0 Å². The first-order chi connectivity index (χ1) is 7.90. The van der Waals surface area contributed by atoms with Crippen molar-refractivity contribution in [2.45, 2.75) is 44.1 Å². The van der Waals surface area contributed by atoms with E-state index in [0.29, 0.717) is 11.8 Å². The largest absolute Gasteiger partial charge is 0.392 e. The molecule has 0 amide bonds. The Morgan fingerprint density at radius 2 is 1.94 bits per heavy atom. The van der Waals surface area contributed by atoms with Crippen LogP contribution in [-0.4, -0.2) is 28.5 Å². The second-order valence-corrected chi connectivity index (χ2v) is 4.82. The van der Waals surface area contributed by atoms with E-state index in [9.17, 15) is 5.11 Å². The van der Waals surface area contributed by atoms with Crippen LogP contribution in [0, 0.1) is 0 Å². The third kappa shape index (κ3) is 1.76. The molecule has 2 aliphatic rings. The van der Waals surface area contributed by atoms with Gasteiger partial charge in [-0.25, -0.2) is 0 Å². The Morgan fingerprint density at radius 3 is 2.56 bits per heavy atom. The lowest BCUT2D eigenvalue weighted by atomic mass is 9.93. The van der Waals surface area contributed by atoms with Gasteiger partial charge in [0.25, 0.3) is 0 Å². The van der Waals surface area contributed by atoms with Gasteiger partial charge in [0.2, 0.25) is 0 Å². The van der Waals surface area contributed by atoms with Gasteiger partial charge >= 0.3 is 0 Å². The molecular formula is C12H18N2O2. The monoisotopic (exact) mass is 222 g/mol. The SMILES string of the molecule is OCc1c(C2CC2)n[nH]c1C1CCOCC1. The summed E-state index contributed by atoms with van der Waals surface area (Å²) < 4.78 is 5.36. The summed E-state index contributed by atoms with van der Waals surface area (Å²) in [5.74, 6) is 1.10. The standard InChI is InChI=1S/C12H18N2O2/c15-7-10-11(8-1-2-8)13-14-12(10)9-3-5-16-6-4-9/h8-9,15H,1-7H2,(H,13,14). The molecule has 0 bridgehead atoms. The highest BCUT2D eigenvalue weighted by molar-refractivity contribution is 5.32. The van der Waals surface area contributed by atoms with Crippen LogP contribution in [0.4, 0.5) is 0 Å². The number of aromatic nitrogens is 2. The smallest absolute Gasteiger partial charge is 0.0718 e. The van der Waals surface area contributed by atoms with E-state index in [4.69, 9.17) is 4.74 Å². The van der Waals surface area contributed by atoms with Crippen LogP contribution in [0.2, 0.25) is 0 Å². The Morgan fingerprint density at radius 1 is 1.19 bits per heavy atom. The van der Waals surface area contributed by atoms with Crippen LogP contribution in [0.3, 0.4) is 0 Å². The summed E-state index contributed by atoms with van der Waals surface area (Å²) in [6, 6.07) is 0. The predicted molar refractivity (Wildman–Crippen MR) is 59.3 cm³/mol. The van der Waals surface area contributed by atoms with Crippen LogP contribution < -0.4 is 0 Å². The molecule has 2 heterocycles. The van der Waals surface area contributed by atoms with Crippen molar-refractivity contribution in [1.82, 2.24) is 10.2 Å². The average molecular weight is 222 g/mol. The van der Waals surface area contributed by atoms with E-state index in [1.807, 2.05) is 0 Å². The van der Waals surface area contributed by atoms with E-state index in [1.165, 1.54) is 12.8 Å². The van der Waals surface area contributed by atoms with E-state index in [2.05, 4.69) is 10.2 Å². The minimum absolute atomic E-state index is 0.120. The molecule has 3 rings (SSSR count). The molecule has 0 unspecified atom stereocenters. The fourth-order valence-electron chi connectivity index (χ4n) is 2.58. The van der Waals surface area contributed by atoms with Crippen molar-refractivity contribution >= 4 is 0 Å². The topological polar surface area (TPSA) is 58.1 Å². The van der Waals surface area contributed by atoms with Crippen molar-refractivity contribution < 1.29 is 9.84 Å². The van der Waals surface area contributed by atoms with Crippen LogP contribution in [-0.2, 0) is 11.3 Å². The summed E-state index contributed by atoms with van der Waals surface area (Å²) in [7, 11) is 0. The van der Waals surface area contributed by atoms with E-state index >= 15 is 0 Å². The third-order valence-electron chi connectivity index (χ3n) is 3.68. The molecule has 0 radical (unpaired) electrons. The highest BCUT2D eigenvalue weighted by atomic mass is 16.5. The molecule has 1 saturated heterocycles. The number of aliphatic hydroxyl groups is 1. The molecule has 88 valence electrons. The van der Waals surface area contributed by atoms with Gasteiger partial charge in [0.1, 0.15) is 0 Å². The Bertz CT molecular complexity index is 365. The van der Waals surface area contributed by atoms with Gasteiger partial charge in [0.15, 0.2) is 0 Å². The van der Waals surface area contributed by atoms with Crippen LogP contribution in [0.25, 0.3) is 0 Å². The summed E-state index contributed by atoms with van der Waals surface area (Å²) in [5, 5.41) is 17.1. The van der Waals surface area contributed by atoms with E-state index in [0.717, 1.165) is 43.0 Å². The molecular weight excluding hydrogens is 204 g/mol. The summed E-state index contributed by atoms with van der Waals surface area (Å²) >= 11 is 0. The maximum Gasteiger partial charge on any atom is 0.0718 e. The van der Waals surface area contributed by atoms with Gasteiger partial charge in [-0.3, -0.25) is 5.10 Å². The van der Waals surface area contributed by atoms with Gasteiger partial charge in [0, 0.05) is 36.3 Å². The lowest BCUT2D eigenvalue weighted by Crippen LogP contribution is -2.15. The number of aliphatic hydroxyl groups excluding tert-OH is 1. The van der Waals surface area contributed by atoms with E-state index < -0.39 is 0 Å². The predicted octanol–water partition coefficient (Wildman–Crippen LogP) is 1.67. The molecule has 0 atom stereocenters. The number of nitrogens with zero attached hydrogens (tertiary/aromatic N) is 1. The number of ether oxygens (including phenoxy) is 1. The van der Waals surface area contributed by atoms with Gasteiger partial charge < -0.3 is 9.84 Å². The van der Waals surface area contributed by atoms with Gasteiger partial charge in [-0.1, -0.05) is 0 Å². The molecule has 1 aliphatic heterocycles.